The molecule has 0 radical (unpaired) electrons. The van der Waals surface area contributed by atoms with Gasteiger partial charge >= 0.3 is 5.97 Å². The summed E-state index contributed by atoms with van der Waals surface area (Å²) < 4.78 is 5.51. The molecule has 0 aliphatic carbocycles. The molecule has 0 bridgehead atoms. The summed E-state index contributed by atoms with van der Waals surface area (Å²) >= 11 is 0. The molecular formula is C14H19NO4. The first kappa shape index (κ1) is 15.0. The van der Waals surface area contributed by atoms with Crippen LogP contribution in [0.2, 0.25) is 0 Å². The molecule has 5 heteroatoms. The van der Waals surface area contributed by atoms with Gasteiger partial charge in [0.15, 0.2) is 0 Å². The van der Waals surface area contributed by atoms with Gasteiger partial charge in [-0.1, -0.05) is 13.8 Å². The first-order valence-corrected chi connectivity index (χ1v) is 6.22. The van der Waals surface area contributed by atoms with Gasteiger partial charge in [0.1, 0.15) is 5.75 Å². The lowest BCUT2D eigenvalue weighted by atomic mass is 10.2. The molecule has 0 unspecified atom stereocenters. The summed E-state index contributed by atoms with van der Waals surface area (Å²) in [7, 11) is 0. The van der Waals surface area contributed by atoms with Crippen molar-refractivity contribution in [2.24, 2.45) is 5.92 Å². The van der Waals surface area contributed by atoms with Crippen molar-refractivity contribution >= 4 is 11.9 Å². The molecule has 1 aromatic rings. The normalized spacial score (nSPS) is 10.3. The minimum Gasteiger partial charge on any atom is -0.493 e. The van der Waals surface area contributed by atoms with Crippen LogP contribution >= 0.6 is 0 Å². The van der Waals surface area contributed by atoms with E-state index in [9.17, 15) is 9.59 Å². The summed E-state index contributed by atoms with van der Waals surface area (Å²) in [5.74, 6) is -0.0517. The van der Waals surface area contributed by atoms with Crippen LogP contribution in [0, 0.1) is 5.92 Å². The summed E-state index contributed by atoms with van der Waals surface area (Å²) in [6, 6.07) is 6.78. The van der Waals surface area contributed by atoms with Crippen LogP contribution in [0.15, 0.2) is 24.3 Å². The van der Waals surface area contributed by atoms with Crippen LogP contribution in [-0.4, -0.2) is 30.1 Å². The number of aliphatic carboxylic acids is 1. The van der Waals surface area contributed by atoms with Crippen LogP contribution in [0.1, 0.15) is 30.6 Å². The monoisotopic (exact) mass is 265 g/mol. The molecule has 0 spiro atoms. The Morgan fingerprint density at radius 2 is 1.89 bits per heavy atom. The Morgan fingerprint density at radius 1 is 1.26 bits per heavy atom. The Kier molecular flexibility index (Phi) is 5.85. The zero-order valence-electron chi connectivity index (χ0n) is 11.2. The molecule has 1 amide bonds. The maximum absolute atomic E-state index is 11.7. The van der Waals surface area contributed by atoms with Crippen LogP contribution in [0.5, 0.6) is 5.75 Å². The van der Waals surface area contributed by atoms with Crippen molar-refractivity contribution in [2.75, 3.05) is 13.2 Å². The molecule has 1 rings (SSSR count). The lowest BCUT2D eigenvalue weighted by Gasteiger charge is -2.09. The van der Waals surface area contributed by atoms with Crippen LogP contribution in [0.3, 0.4) is 0 Å². The van der Waals surface area contributed by atoms with Crippen molar-refractivity contribution in [3.63, 3.8) is 0 Å². The highest BCUT2D eigenvalue weighted by atomic mass is 16.5. The third kappa shape index (κ3) is 5.90. The van der Waals surface area contributed by atoms with Gasteiger partial charge in [-0.25, -0.2) is 0 Å². The summed E-state index contributed by atoms with van der Waals surface area (Å²) in [5.41, 5.74) is 0.488. The van der Waals surface area contributed by atoms with Crippen LogP contribution in [0.25, 0.3) is 0 Å². The summed E-state index contributed by atoms with van der Waals surface area (Å²) in [6.07, 6.45) is -0.0820. The van der Waals surface area contributed by atoms with E-state index in [1.807, 2.05) is 0 Å². The summed E-state index contributed by atoms with van der Waals surface area (Å²) in [5, 5.41) is 11.0. The third-order valence-corrected chi connectivity index (χ3v) is 2.32. The molecule has 19 heavy (non-hydrogen) atoms. The second kappa shape index (κ2) is 7.41. The van der Waals surface area contributed by atoms with Gasteiger partial charge in [0, 0.05) is 12.1 Å². The molecule has 1 aromatic carbocycles. The van der Waals surface area contributed by atoms with Crippen molar-refractivity contribution < 1.29 is 19.4 Å². The van der Waals surface area contributed by atoms with Crippen LogP contribution < -0.4 is 10.1 Å². The number of carbonyl (C=O) groups excluding carboxylic acids is 1. The summed E-state index contributed by atoms with van der Waals surface area (Å²) in [6.45, 7) is 4.87. The molecule has 104 valence electrons. The predicted octanol–water partition coefficient (Wildman–Crippen LogP) is 1.93. The lowest BCUT2D eigenvalue weighted by Crippen LogP contribution is -2.25. The molecule has 0 aromatic heterocycles. The number of benzene rings is 1. The highest BCUT2D eigenvalue weighted by Gasteiger charge is 2.06. The number of carbonyl (C=O) groups is 2. The molecule has 0 atom stereocenters. The first-order valence-electron chi connectivity index (χ1n) is 6.22. The molecular weight excluding hydrogens is 246 g/mol. The average molecular weight is 265 g/mol. The van der Waals surface area contributed by atoms with E-state index < -0.39 is 5.97 Å². The minimum absolute atomic E-state index is 0.0820. The number of rotatable bonds is 7. The third-order valence-electron chi connectivity index (χ3n) is 2.32. The molecule has 0 saturated carbocycles. The largest absolute Gasteiger partial charge is 0.493 e. The smallest absolute Gasteiger partial charge is 0.305 e. The Morgan fingerprint density at radius 3 is 2.42 bits per heavy atom. The maximum atomic E-state index is 11.7. The topological polar surface area (TPSA) is 75.6 Å². The Bertz CT molecular complexity index is 426. The molecule has 2 N–H and O–H groups in total. The van der Waals surface area contributed by atoms with E-state index in [4.69, 9.17) is 9.84 Å². The van der Waals surface area contributed by atoms with Crippen molar-refractivity contribution in [2.45, 2.75) is 20.3 Å². The SMILES string of the molecule is CC(C)COc1ccc(C(=O)NCCC(=O)O)cc1. The van der Waals surface area contributed by atoms with Gasteiger partial charge in [-0.15, -0.1) is 0 Å². The van der Waals surface area contributed by atoms with Crippen LogP contribution in [0.4, 0.5) is 0 Å². The van der Waals surface area contributed by atoms with Gasteiger partial charge in [0.2, 0.25) is 0 Å². The highest BCUT2D eigenvalue weighted by Crippen LogP contribution is 2.13. The van der Waals surface area contributed by atoms with Gasteiger partial charge in [-0.05, 0) is 30.2 Å². The fourth-order valence-corrected chi connectivity index (χ4v) is 1.35. The zero-order chi connectivity index (χ0) is 14.3. The number of nitrogens with one attached hydrogen (secondary N) is 1. The number of carboxylic acid groups (broad SMARTS) is 1. The zero-order valence-corrected chi connectivity index (χ0v) is 11.2. The number of amides is 1. The van der Waals surface area contributed by atoms with Gasteiger partial charge in [-0.2, -0.15) is 0 Å². The predicted molar refractivity (Wildman–Crippen MR) is 71.4 cm³/mol. The fourth-order valence-electron chi connectivity index (χ4n) is 1.35. The first-order chi connectivity index (χ1) is 8.99. The van der Waals surface area contributed by atoms with Crippen LogP contribution in [-0.2, 0) is 4.79 Å². The second-order valence-electron chi connectivity index (χ2n) is 4.63. The van der Waals surface area contributed by atoms with E-state index in [2.05, 4.69) is 19.2 Å². The Labute approximate surface area is 112 Å². The second-order valence-corrected chi connectivity index (χ2v) is 4.63. The number of ether oxygens (including phenoxy) is 1. The molecule has 0 saturated heterocycles. The standard InChI is InChI=1S/C14H19NO4/c1-10(2)9-19-12-5-3-11(4-6-12)14(18)15-8-7-13(16)17/h3-6,10H,7-9H2,1-2H3,(H,15,18)(H,16,17). The van der Waals surface area contributed by atoms with E-state index in [1.54, 1.807) is 24.3 Å². The molecule has 0 aliphatic rings. The van der Waals surface area contributed by atoms with Crippen molar-refractivity contribution in [3.8, 4) is 5.75 Å². The minimum atomic E-state index is -0.933. The van der Waals surface area contributed by atoms with Gasteiger partial charge in [0.25, 0.3) is 5.91 Å². The number of carboxylic acids is 1. The molecule has 0 aliphatic heterocycles. The molecule has 0 heterocycles. The number of hydrogen-bond donors (Lipinski definition) is 2. The van der Waals surface area contributed by atoms with Gasteiger partial charge in [-0.3, -0.25) is 9.59 Å². The van der Waals surface area contributed by atoms with Crippen molar-refractivity contribution in [1.29, 1.82) is 0 Å². The Hall–Kier alpha value is -2.04. The van der Waals surface area contributed by atoms with Crippen molar-refractivity contribution in [1.82, 2.24) is 5.32 Å². The maximum Gasteiger partial charge on any atom is 0.305 e. The quantitative estimate of drug-likeness (QED) is 0.789. The van der Waals surface area contributed by atoms with E-state index in [0.29, 0.717) is 18.1 Å². The van der Waals surface area contributed by atoms with E-state index in [1.165, 1.54) is 0 Å². The van der Waals surface area contributed by atoms with E-state index in [0.717, 1.165) is 5.75 Å². The molecule has 0 fully saturated rings. The highest BCUT2D eigenvalue weighted by molar-refractivity contribution is 5.94. The molecule has 5 nitrogen and oxygen atoms in total. The van der Waals surface area contributed by atoms with E-state index in [-0.39, 0.29) is 18.9 Å². The van der Waals surface area contributed by atoms with Gasteiger partial charge in [0.05, 0.1) is 13.0 Å². The van der Waals surface area contributed by atoms with E-state index >= 15 is 0 Å². The lowest BCUT2D eigenvalue weighted by molar-refractivity contribution is -0.136. The summed E-state index contributed by atoms with van der Waals surface area (Å²) in [4.78, 5) is 22.0. The van der Waals surface area contributed by atoms with Crippen molar-refractivity contribution in [3.05, 3.63) is 29.8 Å². The average Bonchev–Trinajstić information content (AvgIpc) is 2.36. The number of hydrogen-bond acceptors (Lipinski definition) is 3. The Balaban J connectivity index is 2.46. The fraction of sp³-hybridized carbons (Fsp3) is 0.429. The van der Waals surface area contributed by atoms with Gasteiger partial charge < -0.3 is 15.2 Å².